The number of likely N-dealkylation sites (N-methyl/N-ethyl adjacent to an activating group) is 1. The minimum Gasteiger partial charge on any atom is -0.494 e. The van der Waals surface area contributed by atoms with Crippen molar-refractivity contribution in [3.8, 4) is 5.75 Å². The molecule has 0 saturated heterocycles. The predicted octanol–water partition coefficient (Wildman–Crippen LogP) is 2.98. The summed E-state index contributed by atoms with van der Waals surface area (Å²) in [6.07, 6.45) is 3.20. The van der Waals surface area contributed by atoms with Gasteiger partial charge in [-0.05, 0) is 43.8 Å². The Bertz CT molecular complexity index is 436. The van der Waals surface area contributed by atoms with Gasteiger partial charge in [0.25, 0.3) is 0 Å². The van der Waals surface area contributed by atoms with Crippen LogP contribution in [-0.4, -0.2) is 43.7 Å². The van der Waals surface area contributed by atoms with Gasteiger partial charge >= 0.3 is 5.97 Å². The van der Waals surface area contributed by atoms with Crippen LogP contribution < -0.4 is 4.74 Å². The lowest BCUT2D eigenvalue weighted by atomic mass is 10.2. The highest BCUT2D eigenvalue weighted by atomic mass is 16.5. The van der Waals surface area contributed by atoms with Gasteiger partial charge in [0, 0.05) is 12.6 Å². The maximum atomic E-state index is 11.6. The number of hydrogen-bond donors (Lipinski definition) is 0. The van der Waals surface area contributed by atoms with E-state index in [9.17, 15) is 4.79 Å². The molecule has 1 aromatic carbocycles. The number of carbonyl (C=O) groups is 1. The summed E-state index contributed by atoms with van der Waals surface area (Å²) in [4.78, 5) is 13.8. The van der Waals surface area contributed by atoms with Gasteiger partial charge in [0.15, 0.2) is 0 Å². The fraction of sp³-hybridized carbons (Fsp3) is 0.471. The van der Waals surface area contributed by atoms with Gasteiger partial charge in [0.1, 0.15) is 12.4 Å². The highest BCUT2D eigenvalue weighted by molar-refractivity contribution is 5.87. The van der Waals surface area contributed by atoms with E-state index in [1.807, 2.05) is 31.2 Å². The van der Waals surface area contributed by atoms with Crippen LogP contribution in [-0.2, 0) is 9.53 Å². The normalized spacial score (nSPS) is 11.0. The number of ether oxygens (including phenoxy) is 2. The quantitative estimate of drug-likeness (QED) is 0.518. The van der Waals surface area contributed by atoms with Gasteiger partial charge in [0.05, 0.1) is 6.61 Å². The zero-order valence-corrected chi connectivity index (χ0v) is 13.2. The molecular weight excluding hydrogens is 266 g/mol. The molecule has 0 spiro atoms. The Balaban J connectivity index is 2.36. The Labute approximate surface area is 127 Å². The molecule has 0 aliphatic rings. The molecule has 21 heavy (non-hydrogen) atoms. The summed E-state index contributed by atoms with van der Waals surface area (Å²) in [5, 5.41) is 0. The number of carbonyl (C=O) groups excluding carboxylic acids is 1. The first-order valence-corrected chi connectivity index (χ1v) is 7.49. The maximum Gasteiger partial charge on any atom is 0.330 e. The first-order chi connectivity index (χ1) is 10.2. The molecule has 1 rings (SSSR count). The van der Waals surface area contributed by atoms with E-state index >= 15 is 0 Å². The molecule has 0 amide bonds. The second-order valence-corrected chi connectivity index (χ2v) is 4.53. The summed E-state index contributed by atoms with van der Waals surface area (Å²) in [6, 6.07) is 7.58. The lowest BCUT2D eigenvalue weighted by Crippen LogP contribution is -2.27. The summed E-state index contributed by atoms with van der Waals surface area (Å²) in [7, 11) is 0. The summed E-state index contributed by atoms with van der Waals surface area (Å²) in [5.74, 6) is 0.521. The van der Waals surface area contributed by atoms with E-state index in [0.29, 0.717) is 13.2 Å². The molecule has 0 unspecified atom stereocenters. The molecule has 0 radical (unpaired) electrons. The van der Waals surface area contributed by atoms with Gasteiger partial charge in [-0.1, -0.05) is 26.0 Å². The van der Waals surface area contributed by atoms with Crippen molar-refractivity contribution < 1.29 is 14.3 Å². The molecule has 0 atom stereocenters. The van der Waals surface area contributed by atoms with Crippen molar-refractivity contribution in [2.45, 2.75) is 20.8 Å². The van der Waals surface area contributed by atoms with Crippen LogP contribution in [0.1, 0.15) is 26.3 Å². The van der Waals surface area contributed by atoms with Crippen LogP contribution in [0.4, 0.5) is 0 Å². The third-order valence-corrected chi connectivity index (χ3v) is 3.15. The molecule has 4 heteroatoms. The van der Waals surface area contributed by atoms with E-state index in [0.717, 1.165) is 30.9 Å². The molecule has 116 valence electrons. The molecule has 4 nitrogen and oxygen atoms in total. The average molecular weight is 291 g/mol. The summed E-state index contributed by atoms with van der Waals surface area (Å²) in [6.45, 7) is 9.92. The summed E-state index contributed by atoms with van der Waals surface area (Å²) < 4.78 is 10.5. The second-order valence-electron chi connectivity index (χ2n) is 4.53. The Morgan fingerprint density at radius 2 is 1.81 bits per heavy atom. The SMILES string of the molecule is CCOc1ccc(C=CC(=O)OCCN(CC)CC)cc1. The van der Waals surface area contributed by atoms with E-state index < -0.39 is 0 Å². The van der Waals surface area contributed by atoms with E-state index in [1.165, 1.54) is 6.08 Å². The fourth-order valence-corrected chi connectivity index (χ4v) is 1.87. The van der Waals surface area contributed by atoms with Gasteiger partial charge in [-0.15, -0.1) is 0 Å². The molecule has 0 N–H and O–H groups in total. The minimum atomic E-state index is -0.309. The van der Waals surface area contributed by atoms with Crippen LogP contribution in [0.15, 0.2) is 30.3 Å². The molecule has 0 saturated carbocycles. The smallest absolute Gasteiger partial charge is 0.330 e. The lowest BCUT2D eigenvalue weighted by Gasteiger charge is -2.16. The van der Waals surface area contributed by atoms with Crippen molar-refractivity contribution >= 4 is 12.0 Å². The highest BCUT2D eigenvalue weighted by Gasteiger charge is 2.01. The van der Waals surface area contributed by atoms with Gasteiger partial charge in [-0.3, -0.25) is 0 Å². The molecular formula is C17H25NO3. The number of esters is 1. The first kappa shape index (κ1) is 17.2. The highest BCUT2D eigenvalue weighted by Crippen LogP contribution is 2.13. The third kappa shape index (κ3) is 6.95. The maximum absolute atomic E-state index is 11.6. The van der Waals surface area contributed by atoms with Crippen molar-refractivity contribution in [1.29, 1.82) is 0 Å². The predicted molar refractivity (Wildman–Crippen MR) is 85.4 cm³/mol. The first-order valence-electron chi connectivity index (χ1n) is 7.49. The van der Waals surface area contributed by atoms with Crippen LogP contribution in [0.3, 0.4) is 0 Å². The van der Waals surface area contributed by atoms with Crippen LogP contribution in [0.2, 0.25) is 0 Å². The summed E-state index contributed by atoms with van der Waals surface area (Å²) >= 11 is 0. The van der Waals surface area contributed by atoms with Crippen molar-refractivity contribution in [3.05, 3.63) is 35.9 Å². The molecule has 0 fully saturated rings. The van der Waals surface area contributed by atoms with Crippen LogP contribution in [0, 0.1) is 0 Å². The van der Waals surface area contributed by atoms with Crippen LogP contribution in [0.25, 0.3) is 6.08 Å². The molecule has 0 heterocycles. The van der Waals surface area contributed by atoms with Gasteiger partial charge in [-0.25, -0.2) is 4.79 Å². The molecule has 1 aromatic rings. The average Bonchev–Trinajstić information content (AvgIpc) is 2.51. The van der Waals surface area contributed by atoms with Crippen molar-refractivity contribution in [1.82, 2.24) is 4.90 Å². The summed E-state index contributed by atoms with van der Waals surface area (Å²) in [5.41, 5.74) is 0.944. The third-order valence-electron chi connectivity index (χ3n) is 3.15. The van der Waals surface area contributed by atoms with Gasteiger partial charge in [0.2, 0.25) is 0 Å². The van der Waals surface area contributed by atoms with E-state index in [2.05, 4.69) is 18.7 Å². The number of hydrogen-bond acceptors (Lipinski definition) is 4. The number of nitrogens with zero attached hydrogens (tertiary/aromatic N) is 1. The second kappa shape index (κ2) is 10.00. The Morgan fingerprint density at radius 1 is 1.14 bits per heavy atom. The molecule has 0 aliphatic heterocycles. The van der Waals surface area contributed by atoms with Crippen LogP contribution >= 0.6 is 0 Å². The largest absolute Gasteiger partial charge is 0.494 e. The lowest BCUT2D eigenvalue weighted by molar-refractivity contribution is -0.138. The van der Waals surface area contributed by atoms with Crippen LogP contribution in [0.5, 0.6) is 5.75 Å². The Hall–Kier alpha value is -1.81. The Morgan fingerprint density at radius 3 is 2.38 bits per heavy atom. The zero-order chi connectivity index (χ0) is 15.5. The number of benzene rings is 1. The van der Waals surface area contributed by atoms with Crippen molar-refractivity contribution in [2.24, 2.45) is 0 Å². The van der Waals surface area contributed by atoms with E-state index in [4.69, 9.17) is 9.47 Å². The zero-order valence-electron chi connectivity index (χ0n) is 13.2. The Kier molecular flexibility index (Phi) is 8.21. The van der Waals surface area contributed by atoms with E-state index in [-0.39, 0.29) is 5.97 Å². The van der Waals surface area contributed by atoms with Crippen molar-refractivity contribution in [3.63, 3.8) is 0 Å². The standard InChI is InChI=1S/C17H25NO3/c1-4-18(5-2)13-14-21-17(19)12-9-15-7-10-16(11-8-15)20-6-3/h7-12H,4-6,13-14H2,1-3H3. The van der Waals surface area contributed by atoms with Crippen molar-refractivity contribution in [2.75, 3.05) is 32.8 Å². The minimum absolute atomic E-state index is 0.309. The van der Waals surface area contributed by atoms with E-state index in [1.54, 1.807) is 6.08 Å². The molecule has 0 bridgehead atoms. The van der Waals surface area contributed by atoms with Gasteiger partial charge < -0.3 is 14.4 Å². The molecule has 0 aromatic heterocycles. The molecule has 0 aliphatic carbocycles. The number of rotatable bonds is 9. The topological polar surface area (TPSA) is 38.8 Å². The monoisotopic (exact) mass is 291 g/mol. The van der Waals surface area contributed by atoms with Gasteiger partial charge in [-0.2, -0.15) is 0 Å². The fourth-order valence-electron chi connectivity index (χ4n) is 1.87.